The van der Waals surface area contributed by atoms with Crippen molar-refractivity contribution in [2.45, 2.75) is 47.1 Å². The Bertz CT molecular complexity index is 788. The van der Waals surface area contributed by atoms with Gasteiger partial charge in [-0.05, 0) is 51.3 Å². The number of carbonyl (C=O) groups is 2. The van der Waals surface area contributed by atoms with E-state index in [4.69, 9.17) is 16.0 Å². The van der Waals surface area contributed by atoms with Crippen molar-refractivity contribution >= 4 is 17.4 Å². The average molecular weight is 341 g/mol. The van der Waals surface area contributed by atoms with Gasteiger partial charge in [-0.2, -0.15) is 0 Å². The molecule has 1 heterocycles. The zero-order chi connectivity index (χ0) is 18.9. The van der Waals surface area contributed by atoms with Gasteiger partial charge in [-0.15, -0.1) is 6.42 Å². The molecule has 0 spiro atoms. The molecule has 5 heteroatoms. The first-order valence-corrected chi connectivity index (χ1v) is 8.03. The Hall–Kier alpha value is -2.58. The minimum atomic E-state index is -0.960. The minimum absolute atomic E-state index is 0.0539. The van der Waals surface area contributed by atoms with Gasteiger partial charge in [-0.3, -0.25) is 14.4 Å². The summed E-state index contributed by atoms with van der Waals surface area (Å²) in [5, 5.41) is 1.19. The largest absolute Gasteiger partial charge is 0.428 e. The van der Waals surface area contributed by atoms with Crippen molar-refractivity contribution in [2.75, 3.05) is 6.61 Å². The Kier molecular flexibility index (Phi) is 5.05. The first-order valence-electron chi connectivity index (χ1n) is 8.03. The molecule has 5 nitrogen and oxygen atoms in total. The van der Waals surface area contributed by atoms with Crippen LogP contribution in [0.5, 0.6) is 0 Å². The number of benzene rings is 1. The van der Waals surface area contributed by atoms with E-state index in [1.54, 1.807) is 13.8 Å². The molecule has 0 fully saturated rings. The Morgan fingerprint density at radius 2 is 1.80 bits per heavy atom. The Morgan fingerprint density at radius 3 is 2.28 bits per heavy atom. The molecule has 1 aliphatic rings. The summed E-state index contributed by atoms with van der Waals surface area (Å²) in [5.74, 6) is 1.77. The monoisotopic (exact) mass is 341 g/mol. The molecule has 0 saturated heterocycles. The number of hydroxylamine groups is 2. The zero-order valence-electron chi connectivity index (χ0n) is 15.5. The van der Waals surface area contributed by atoms with Gasteiger partial charge in [-0.25, -0.2) is 5.06 Å². The number of aryl methyl sites for hydroxylation is 3. The molecule has 1 amide bonds. The molecule has 132 valence electrons. The summed E-state index contributed by atoms with van der Waals surface area (Å²) in [6, 6.07) is 3.98. The van der Waals surface area contributed by atoms with E-state index in [0.717, 1.165) is 22.3 Å². The molecule has 25 heavy (non-hydrogen) atoms. The fraction of sp³-hybridized carbons (Fsp3) is 0.400. The van der Waals surface area contributed by atoms with E-state index >= 15 is 0 Å². The van der Waals surface area contributed by atoms with Crippen LogP contribution in [0.1, 0.15) is 43.0 Å². The smallest absolute Gasteiger partial charge is 0.307 e. The molecule has 0 saturated carbocycles. The Labute approximate surface area is 148 Å². The fourth-order valence-electron chi connectivity index (χ4n) is 3.29. The molecule has 0 aliphatic carbocycles. The van der Waals surface area contributed by atoms with Gasteiger partial charge in [0.25, 0.3) is 5.91 Å². The molecule has 1 aromatic carbocycles. The molecule has 0 radical (unpaired) electrons. The standard InChI is InChI=1S/C20H23NO4/c1-8-9-24-21-19(23)17(18(20(21,6)7)25-15(5)22)16-13(3)10-12(2)11-14(16)4/h1,10-11H,9H2,2-7H3. The van der Waals surface area contributed by atoms with Crippen LogP contribution in [-0.4, -0.2) is 29.1 Å². The highest BCUT2D eigenvalue weighted by molar-refractivity contribution is 6.23. The molecule has 0 bridgehead atoms. The average Bonchev–Trinajstić information content (AvgIpc) is 2.64. The number of carbonyl (C=O) groups excluding carboxylic acids is 2. The van der Waals surface area contributed by atoms with Crippen LogP contribution in [0.4, 0.5) is 0 Å². The summed E-state index contributed by atoms with van der Waals surface area (Å²) in [7, 11) is 0. The summed E-state index contributed by atoms with van der Waals surface area (Å²) in [4.78, 5) is 30.2. The van der Waals surface area contributed by atoms with Crippen LogP contribution in [0.3, 0.4) is 0 Å². The molecule has 1 aliphatic heterocycles. The molecular formula is C20H23NO4. The van der Waals surface area contributed by atoms with Gasteiger partial charge in [0, 0.05) is 6.92 Å². The van der Waals surface area contributed by atoms with E-state index in [-0.39, 0.29) is 18.3 Å². The second-order valence-corrected chi connectivity index (χ2v) is 6.71. The van der Waals surface area contributed by atoms with Crippen molar-refractivity contribution in [2.24, 2.45) is 0 Å². The van der Waals surface area contributed by atoms with E-state index in [2.05, 4.69) is 5.92 Å². The van der Waals surface area contributed by atoms with Crippen LogP contribution < -0.4 is 0 Å². The predicted octanol–water partition coefficient (Wildman–Crippen LogP) is 3.07. The molecule has 0 N–H and O–H groups in total. The van der Waals surface area contributed by atoms with E-state index in [9.17, 15) is 9.59 Å². The van der Waals surface area contributed by atoms with E-state index in [1.807, 2.05) is 32.9 Å². The third kappa shape index (κ3) is 3.31. The lowest BCUT2D eigenvalue weighted by molar-refractivity contribution is -0.198. The zero-order valence-corrected chi connectivity index (χ0v) is 15.5. The third-order valence-electron chi connectivity index (χ3n) is 4.14. The maximum Gasteiger partial charge on any atom is 0.307 e. The summed E-state index contributed by atoms with van der Waals surface area (Å²) in [6.07, 6.45) is 5.25. The Morgan fingerprint density at radius 1 is 1.24 bits per heavy atom. The number of ether oxygens (including phenoxy) is 1. The van der Waals surface area contributed by atoms with Crippen LogP contribution in [0.25, 0.3) is 5.57 Å². The normalized spacial score (nSPS) is 16.2. The van der Waals surface area contributed by atoms with Crippen LogP contribution in [0.15, 0.2) is 17.9 Å². The Balaban J connectivity index is 2.71. The lowest BCUT2D eigenvalue weighted by Crippen LogP contribution is -2.44. The van der Waals surface area contributed by atoms with Crippen molar-refractivity contribution in [3.8, 4) is 12.3 Å². The second kappa shape index (κ2) is 6.73. The summed E-state index contributed by atoms with van der Waals surface area (Å²) >= 11 is 0. The first-order chi connectivity index (χ1) is 11.6. The lowest BCUT2D eigenvalue weighted by atomic mass is 9.91. The second-order valence-electron chi connectivity index (χ2n) is 6.71. The van der Waals surface area contributed by atoms with Gasteiger partial charge in [0.1, 0.15) is 17.9 Å². The van der Waals surface area contributed by atoms with Gasteiger partial charge >= 0.3 is 5.97 Å². The molecular weight excluding hydrogens is 318 g/mol. The number of amides is 1. The van der Waals surface area contributed by atoms with Gasteiger partial charge < -0.3 is 4.74 Å². The molecule has 0 atom stereocenters. The van der Waals surface area contributed by atoms with Gasteiger partial charge in [0.05, 0.1) is 5.57 Å². The number of nitrogens with zero attached hydrogens (tertiary/aromatic N) is 1. The molecule has 1 aromatic rings. The van der Waals surface area contributed by atoms with E-state index < -0.39 is 11.5 Å². The summed E-state index contributed by atoms with van der Waals surface area (Å²) in [5.41, 5.74) is 3.09. The topological polar surface area (TPSA) is 55.8 Å². The van der Waals surface area contributed by atoms with Gasteiger partial charge in [-0.1, -0.05) is 23.6 Å². The highest BCUT2D eigenvalue weighted by atomic mass is 16.7. The number of rotatable bonds is 4. The van der Waals surface area contributed by atoms with Crippen LogP contribution in [0, 0.1) is 33.1 Å². The predicted molar refractivity (Wildman–Crippen MR) is 95.0 cm³/mol. The van der Waals surface area contributed by atoms with E-state index in [0.29, 0.717) is 5.57 Å². The first kappa shape index (κ1) is 18.8. The maximum absolute atomic E-state index is 13.1. The van der Waals surface area contributed by atoms with Crippen molar-refractivity contribution in [1.82, 2.24) is 5.06 Å². The number of hydrogen-bond donors (Lipinski definition) is 0. The van der Waals surface area contributed by atoms with Crippen LogP contribution >= 0.6 is 0 Å². The van der Waals surface area contributed by atoms with Crippen LogP contribution in [0.2, 0.25) is 0 Å². The fourth-order valence-corrected chi connectivity index (χ4v) is 3.29. The highest BCUT2D eigenvalue weighted by Crippen LogP contribution is 2.42. The quantitative estimate of drug-likeness (QED) is 0.624. The SMILES string of the molecule is C#CCON1C(=O)C(c2c(C)cc(C)cc2C)=C(OC(C)=O)C1(C)C. The van der Waals surface area contributed by atoms with Crippen molar-refractivity contribution < 1.29 is 19.2 Å². The maximum atomic E-state index is 13.1. The van der Waals surface area contributed by atoms with E-state index in [1.165, 1.54) is 12.0 Å². The van der Waals surface area contributed by atoms with Gasteiger partial charge in [0.15, 0.2) is 0 Å². The summed E-state index contributed by atoms with van der Waals surface area (Å²) in [6.45, 7) is 10.6. The summed E-state index contributed by atoms with van der Waals surface area (Å²) < 4.78 is 5.46. The van der Waals surface area contributed by atoms with Crippen LogP contribution in [-0.2, 0) is 19.2 Å². The number of terminal acetylenes is 1. The minimum Gasteiger partial charge on any atom is -0.428 e. The number of esters is 1. The van der Waals surface area contributed by atoms with Crippen molar-refractivity contribution in [3.05, 3.63) is 40.1 Å². The lowest BCUT2D eigenvalue weighted by Gasteiger charge is -2.31. The van der Waals surface area contributed by atoms with Crippen molar-refractivity contribution in [3.63, 3.8) is 0 Å². The highest BCUT2D eigenvalue weighted by Gasteiger charge is 2.50. The van der Waals surface area contributed by atoms with Crippen molar-refractivity contribution in [1.29, 1.82) is 0 Å². The molecule has 0 aromatic heterocycles. The number of hydrogen-bond acceptors (Lipinski definition) is 4. The molecule has 0 unspecified atom stereocenters. The third-order valence-corrected chi connectivity index (χ3v) is 4.14. The molecule has 2 rings (SSSR count). The van der Waals surface area contributed by atoms with Gasteiger partial charge in [0.2, 0.25) is 0 Å².